The maximum Gasteiger partial charge on any atom is 0.119 e. The molecule has 3 nitrogen and oxygen atoms in total. The molecule has 0 amide bonds. The Morgan fingerprint density at radius 3 is 2.57 bits per heavy atom. The van der Waals surface area contributed by atoms with E-state index in [4.69, 9.17) is 4.74 Å². The van der Waals surface area contributed by atoms with Crippen LogP contribution in [0.1, 0.15) is 11.3 Å². The SMILES string of the molecule is COc1ccc(-n2cc(C=Nc3cccc(Br)c3)cc2C)cc1. The summed E-state index contributed by atoms with van der Waals surface area (Å²) in [4.78, 5) is 4.52. The molecular formula is C19H17BrN2O. The van der Waals surface area contributed by atoms with Crippen molar-refractivity contribution in [2.75, 3.05) is 7.11 Å². The first-order chi connectivity index (χ1) is 11.2. The van der Waals surface area contributed by atoms with Crippen LogP contribution in [0.15, 0.2) is 70.3 Å². The molecule has 1 aromatic heterocycles. The number of aryl methyl sites for hydroxylation is 1. The molecule has 0 unspecified atom stereocenters. The lowest BCUT2D eigenvalue weighted by atomic mass is 10.3. The van der Waals surface area contributed by atoms with Crippen LogP contribution in [-0.4, -0.2) is 17.9 Å². The van der Waals surface area contributed by atoms with Gasteiger partial charge >= 0.3 is 0 Å². The number of rotatable bonds is 4. The zero-order chi connectivity index (χ0) is 16.2. The van der Waals surface area contributed by atoms with Crippen molar-refractivity contribution in [3.8, 4) is 11.4 Å². The van der Waals surface area contributed by atoms with Gasteiger partial charge in [-0.15, -0.1) is 0 Å². The second-order valence-electron chi connectivity index (χ2n) is 5.22. The highest BCUT2D eigenvalue weighted by Crippen LogP contribution is 2.20. The molecule has 0 bridgehead atoms. The average Bonchev–Trinajstić information content (AvgIpc) is 2.94. The Hall–Kier alpha value is -2.33. The Balaban J connectivity index is 1.85. The van der Waals surface area contributed by atoms with Crippen molar-refractivity contribution in [3.63, 3.8) is 0 Å². The van der Waals surface area contributed by atoms with Crippen LogP contribution in [0, 0.1) is 6.92 Å². The van der Waals surface area contributed by atoms with Gasteiger partial charge in [-0.1, -0.05) is 22.0 Å². The van der Waals surface area contributed by atoms with Gasteiger partial charge in [0.1, 0.15) is 5.75 Å². The smallest absolute Gasteiger partial charge is 0.119 e. The van der Waals surface area contributed by atoms with Gasteiger partial charge in [0.05, 0.1) is 12.8 Å². The van der Waals surface area contributed by atoms with Crippen molar-refractivity contribution in [2.45, 2.75) is 6.92 Å². The lowest BCUT2D eigenvalue weighted by Crippen LogP contribution is -1.94. The van der Waals surface area contributed by atoms with Crippen LogP contribution in [0.2, 0.25) is 0 Å². The number of ether oxygens (including phenoxy) is 1. The highest BCUT2D eigenvalue weighted by molar-refractivity contribution is 9.10. The normalized spacial score (nSPS) is 11.1. The summed E-state index contributed by atoms with van der Waals surface area (Å²) < 4.78 is 8.37. The van der Waals surface area contributed by atoms with Crippen LogP contribution in [0.3, 0.4) is 0 Å². The molecule has 0 spiro atoms. The Labute approximate surface area is 144 Å². The van der Waals surface area contributed by atoms with Crippen molar-refractivity contribution in [1.29, 1.82) is 0 Å². The highest BCUT2D eigenvalue weighted by Gasteiger charge is 2.03. The topological polar surface area (TPSA) is 26.5 Å². The van der Waals surface area contributed by atoms with Crippen LogP contribution >= 0.6 is 15.9 Å². The minimum atomic E-state index is 0.856. The number of aliphatic imine (C=N–C) groups is 1. The Bertz CT molecular complexity index is 835. The molecule has 0 saturated carbocycles. The van der Waals surface area contributed by atoms with Gasteiger partial charge in [0.2, 0.25) is 0 Å². The zero-order valence-corrected chi connectivity index (χ0v) is 14.6. The lowest BCUT2D eigenvalue weighted by molar-refractivity contribution is 0.414. The predicted octanol–water partition coefficient (Wildman–Crippen LogP) is 5.31. The Morgan fingerprint density at radius 2 is 1.87 bits per heavy atom. The Kier molecular flexibility index (Phi) is 4.63. The van der Waals surface area contributed by atoms with Crippen LogP contribution in [0.4, 0.5) is 5.69 Å². The third-order valence-corrected chi connectivity index (χ3v) is 4.05. The summed E-state index contributed by atoms with van der Waals surface area (Å²) in [5.41, 5.74) is 4.25. The highest BCUT2D eigenvalue weighted by atomic mass is 79.9. The molecule has 0 atom stereocenters. The second kappa shape index (κ2) is 6.84. The minimum absolute atomic E-state index is 0.856. The van der Waals surface area contributed by atoms with Gasteiger partial charge in [-0.2, -0.15) is 0 Å². The van der Waals surface area contributed by atoms with Gasteiger partial charge in [-0.25, -0.2) is 0 Å². The number of hydrogen-bond donors (Lipinski definition) is 0. The van der Waals surface area contributed by atoms with Crippen LogP contribution in [0.5, 0.6) is 5.75 Å². The molecule has 0 aliphatic rings. The molecule has 0 aliphatic carbocycles. The van der Waals surface area contributed by atoms with Crippen LogP contribution in [-0.2, 0) is 0 Å². The van der Waals surface area contributed by atoms with Crippen LogP contribution in [0.25, 0.3) is 5.69 Å². The first kappa shape index (κ1) is 15.6. The molecular weight excluding hydrogens is 352 g/mol. The standard InChI is InChI=1S/C19H17BrN2O/c1-14-10-15(12-21-17-5-3-4-16(20)11-17)13-22(14)18-6-8-19(23-2)9-7-18/h3-13H,1-2H3. The molecule has 1 heterocycles. The third-order valence-electron chi connectivity index (χ3n) is 3.56. The van der Waals surface area contributed by atoms with Gasteiger partial charge in [-0.05, 0) is 55.5 Å². The summed E-state index contributed by atoms with van der Waals surface area (Å²) in [5.74, 6) is 0.856. The Morgan fingerprint density at radius 1 is 1.09 bits per heavy atom. The van der Waals surface area contributed by atoms with E-state index in [1.54, 1.807) is 7.11 Å². The number of nitrogens with zero attached hydrogens (tertiary/aromatic N) is 2. The molecule has 0 radical (unpaired) electrons. The van der Waals surface area contributed by atoms with E-state index in [2.05, 4.69) is 44.7 Å². The average molecular weight is 369 g/mol. The van der Waals surface area contributed by atoms with Crippen molar-refractivity contribution < 1.29 is 4.74 Å². The molecule has 2 aromatic carbocycles. The number of aromatic nitrogens is 1. The fourth-order valence-electron chi connectivity index (χ4n) is 2.40. The van der Waals surface area contributed by atoms with E-state index in [-0.39, 0.29) is 0 Å². The molecule has 0 aliphatic heterocycles. The predicted molar refractivity (Wildman–Crippen MR) is 98.5 cm³/mol. The summed E-state index contributed by atoms with van der Waals surface area (Å²) in [7, 11) is 1.67. The van der Waals surface area contributed by atoms with E-state index in [1.165, 1.54) is 0 Å². The number of halogens is 1. The van der Waals surface area contributed by atoms with E-state index in [0.29, 0.717) is 0 Å². The van der Waals surface area contributed by atoms with Crippen molar-refractivity contribution in [1.82, 2.24) is 4.57 Å². The van der Waals surface area contributed by atoms with E-state index >= 15 is 0 Å². The van der Waals surface area contributed by atoms with Crippen LogP contribution < -0.4 is 4.74 Å². The summed E-state index contributed by atoms with van der Waals surface area (Å²) in [6, 6.07) is 18.1. The monoisotopic (exact) mass is 368 g/mol. The lowest BCUT2D eigenvalue weighted by Gasteiger charge is -2.06. The fourth-order valence-corrected chi connectivity index (χ4v) is 2.78. The zero-order valence-electron chi connectivity index (χ0n) is 13.0. The molecule has 0 saturated heterocycles. The summed E-state index contributed by atoms with van der Waals surface area (Å²) in [6.45, 7) is 2.08. The van der Waals surface area contributed by atoms with Gasteiger partial charge in [0, 0.05) is 33.8 Å². The quantitative estimate of drug-likeness (QED) is 0.573. The molecule has 3 rings (SSSR count). The molecule has 23 heavy (non-hydrogen) atoms. The molecule has 0 N–H and O–H groups in total. The van der Waals surface area contributed by atoms with E-state index in [9.17, 15) is 0 Å². The largest absolute Gasteiger partial charge is 0.497 e. The van der Waals surface area contributed by atoms with E-state index in [1.807, 2.05) is 54.7 Å². The van der Waals surface area contributed by atoms with Crippen molar-refractivity contribution >= 4 is 27.8 Å². The molecule has 0 fully saturated rings. The van der Waals surface area contributed by atoms with Gasteiger partial charge in [-0.3, -0.25) is 4.99 Å². The number of benzene rings is 2. The number of methoxy groups -OCH3 is 1. The minimum Gasteiger partial charge on any atom is -0.497 e. The first-order valence-electron chi connectivity index (χ1n) is 7.29. The first-order valence-corrected chi connectivity index (χ1v) is 8.08. The van der Waals surface area contributed by atoms with Crippen molar-refractivity contribution in [3.05, 3.63) is 76.5 Å². The third kappa shape index (κ3) is 3.71. The van der Waals surface area contributed by atoms with Crippen molar-refractivity contribution in [2.24, 2.45) is 4.99 Å². The second-order valence-corrected chi connectivity index (χ2v) is 6.14. The maximum absolute atomic E-state index is 5.20. The summed E-state index contributed by atoms with van der Waals surface area (Å²) in [6.07, 6.45) is 3.97. The van der Waals surface area contributed by atoms with E-state index in [0.717, 1.165) is 32.9 Å². The summed E-state index contributed by atoms with van der Waals surface area (Å²) in [5, 5.41) is 0. The summed E-state index contributed by atoms with van der Waals surface area (Å²) >= 11 is 3.46. The van der Waals surface area contributed by atoms with Gasteiger partial charge in [0.15, 0.2) is 0 Å². The molecule has 3 aromatic rings. The van der Waals surface area contributed by atoms with E-state index < -0.39 is 0 Å². The fraction of sp³-hybridized carbons (Fsp3) is 0.105. The maximum atomic E-state index is 5.20. The van der Waals surface area contributed by atoms with Gasteiger partial charge in [0.25, 0.3) is 0 Å². The van der Waals surface area contributed by atoms with Gasteiger partial charge < -0.3 is 9.30 Å². The molecule has 116 valence electrons. The number of hydrogen-bond acceptors (Lipinski definition) is 2. The molecule has 4 heteroatoms.